The van der Waals surface area contributed by atoms with Gasteiger partial charge < -0.3 is 10.6 Å². The molecule has 2 N–H and O–H groups in total. The number of carbonyl (C=O) groups excluding carboxylic acids is 1. The minimum Gasteiger partial charge on any atom is -0.398 e. The molecule has 100 valence electrons. The molecule has 0 aliphatic heterocycles. The van der Waals surface area contributed by atoms with Gasteiger partial charge in [0.25, 0.3) is 0 Å². The molecule has 1 aromatic carbocycles. The molecule has 0 saturated heterocycles. The van der Waals surface area contributed by atoms with Crippen LogP contribution in [-0.2, 0) is 6.54 Å². The summed E-state index contributed by atoms with van der Waals surface area (Å²) in [7, 11) is 2.00. The number of ketones is 1. The fourth-order valence-electron chi connectivity index (χ4n) is 1.88. The molecule has 0 unspecified atom stereocenters. The second-order valence-corrected chi connectivity index (χ2v) is 6.73. The highest BCUT2D eigenvalue weighted by molar-refractivity contribution is 9.11. The molecule has 0 bridgehead atoms. The van der Waals surface area contributed by atoms with Crippen molar-refractivity contribution in [3.8, 4) is 0 Å². The van der Waals surface area contributed by atoms with Crippen LogP contribution in [0.4, 0.5) is 11.4 Å². The van der Waals surface area contributed by atoms with E-state index in [1.165, 1.54) is 12.5 Å². The van der Waals surface area contributed by atoms with Crippen molar-refractivity contribution in [3.63, 3.8) is 0 Å². The summed E-state index contributed by atoms with van der Waals surface area (Å²) in [5.41, 5.74) is 9.14. The molecule has 0 radical (unpaired) electrons. The molecule has 19 heavy (non-hydrogen) atoms. The van der Waals surface area contributed by atoms with Gasteiger partial charge in [-0.3, -0.25) is 4.79 Å². The number of rotatable bonds is 4. The minimum absolute atomic E-state index is 0.00831. The van der Waals surface area contributed by atoms with Crippen LogP contribution < -0.4 is 10.6 Å². The Balaban J connectivity index is 2.21. The van der Waals surface area contributed by atoms with Gasteiger partial charge in [-0.1, -0.05) is 0 Å². The van der Waals surface area contributed by atoms with E-state index in [9.17, 15) is 4.79 Å². The van der Waals surface area contributed by atoms with Crippen LogP contribution in [0.2, 0.25) is 0 Å². The summed E-state index contributed by atoms with van der Waals surface area (Å²) in [5.74, 6) is -0.00831. The number of hydrogen-bond donors (Lipinski definition) is 1. The second kappa shape index (κ2) is 5.75. The van der Waals surface area contributed by atoms with Crippen molar-refractivity contribution < 1.29 is 4.79 Å². The molecule has 2 aromatic rings. The van der Waals surface area contributed by atoms with E-state index in [2.05, 4.69) is 32.3 Å². The molecule has 1 heterocycles. The van der Waals surface area contributed by atoms with Crippen molar-refractivity contribution in [2.75, 3.05) is 17.7 Å². The van der Waals surface area contributed by atoms with E-state index in [0.717, 1.165) is 16.0 Å². The third-order valence-corrected chi connectivity index (χ3v) is 4.45. The van der Waals surface area contributed by atoms with Gasteiger partial charge in [-0.05, 0) is 58.1 Å². The van der Waals surface area contributed by atoms with E-state index in [1.54, 1.807) is 17.4 Å². The number of anilines is 2. The van der Waals surface area contributed by atoms with Gasteiger partial charge in [0.05, 0.1) is 3.79 Å². The van der Waals surface area contributed by atoms with Crippen LogP contribution in [-0.4, -0.2) is 12.8 Å². The first-order chi connectivity index (χ1) is 8.97. The van der Waals surface area contributed by atoms with Crippen LogP contribution in [0.1, 0.15) is 22.8 Å². The number of nitrogens with two attached hydrogens (primary N) is 1. The average Bonchev–Trinajstić information content (AvgIpc) is 2.74. The highest BCUT2D eigenvalue weighted by atomic mass is 79.9. The zero-order chi connectivity index (χ0) is 14.0. The zero-order valence-electron chi connectivity index (χ0n) is 10.8. The third kappa shape index (κ3) is 3.36. The van der Waals surface area contributed by atoms with Gasteiger partial charge in [0, 0.05) is 30.5 Å². The van der Waals surface area contributed by atoms with E-state index >= 15 is 0 Å². The fourth-order valence-corrected chi connectivity index (χ4v) is 3.08. The van der Waals surface area contributed by atoms with Crippen LogP contribution in [0.5, 0.6) is 0 Å². The molecule has 0 atom stereocenters. The lowest BCUT2D eigenvalue weighted by molar-refractivity contribution is 0.101. The Morgan fingerprint density at radius 2 is 2.16 bits per heavy atom. The maximum absolute atomic E-state index is 11.5. The largest absolute Gasteiger partial charge is 0.398 e. The number of hydrogen-bond acceptors (Lipinski definition) is 4. The summed E-state index contributed by atoms with van der Waals surface area (Å²) in [6.07, 6.45) is 0. The van der Waals surface area contributed by atoms with E-state index in [-0.39, 0.29) is 5.78 Å². The van der Waals surface area contributed by atoms with Gasteiger partial charge in [0.2, 0.25) is 0 Å². The Labute approximate surface area is 125 Å². The van der Waals surface area contributed by atoms with Gasteiger partial charge >= 0.3 is 0 Å². The number of nitrogens with zero attached hydrogens (tertiary/aromatic N) is 1. The first-order valence-corrected chi connectivity index (χ1v) is 7.49. The molecule has 5 heteroatoms. The van der Waals surface area contributed by atoms with Gasteiger partial charge in [0.15, 0.2) is 5.78 Å². The number of Topliss-reactive ketones (excluding diaryl/α,β-unsaturated/α-hetero) is 1. The molecular weight excluding hydrogens is 324 g/mol. The Bertz CT molecular complexity index is 609. The van der Waals surface area contributed by atoms with E-state index in [0.29, 0.717) is 11.3 Å². The highest BCUT2D eigenvalue weighted by Crippen LogP contribution is 2.25. The Morgan fingerprint density at radius 1 is 1.42 bits per heavy atom. The number of nitrogen functional groups attached to an aromatic ring is 1. The molecular formula is C14H15BrN2OS. The van der Waals surface area contributed by atoms with Crippen molar-refractivity contribution >= 4 is 44.4 Å². The van der Waals surface area contributed by atoms with Gasteiger partial charge in [0.1, 0.15) is 0 Å². The smallest absolute Gasteiger partial charge is 0.161 e. The lowest BCUT2D eigenvalue weighted by Gasteiger charge is -2.19. The first-order valence-electron chi connectivity index (χ1n) is 5.82. The van der Waals surface area contributed by atoms with E-state index in [4.69, 9.17) is 5.73 Å². The lowest BCUT2D eigenvalue weighted by Crippen LogP contribution is -2.16. The molecule has 1 aromatic heterocycles. The molecule has 0 saturated carbocycles. The molecule has 0 spiro atoms. The van der Waals surface area contributed by atoms with Crippen molar-refractivity contribution in [2.45, 2.75) is 13.5 Å². The number of benzene rings is 1. The Hall–Kier alpha value is -1.33. The Kier molecular flexibility index (Phi) is 4.27. The fraction of sp³-hybridized carbons (Fsp3) is 0.214. The van der Waals surface area contributed by atoms with Gasteiger partial charge in [-0.25, -0.2) is 0 Å². The average molecular weight is 339 g/mol. The molecule has 2 rings (SSSR count). The Morgan fingerprint density at radius 3 is 2.74 bits per heavy atom. The summed E-state index contributed by atoms with van der Waals surface area (Å²) in [5, 5.41) is 2.11. The van der Waals surface area contributed by atoms with Crippen LogP contribution in [0, 0.1) is 0 Å². The summed E-state index contributed by atoms with van der Waals surface area (Å²) >= 11 is 5.13. The van der Waals surface area contributed by atoms with Gasteiger partial charge in [-0.15, -0.1) is 11.3 Å². The van der Waals surface area contributed by atoms with Crippen molar-refractivity contribution in [2.24, 2.45) is 0 Å². The van der Waals surface area contributed by atoms with Crippen molar-refractivity contribution in [1.29, 1.82) is 0 Å². The van der Waals surface area contributed by atoms with E-state index < -0.39 is 0 Å². The molecule has 0 fully saturated rings. The van der Waals surface area contributed by atoms with Crippen LogP contribution in [0.3, 0.4) is 0 Å². The lowest BCUT2D eigenvalue weighted by atomic mass is 10.1. The summed E-state index contributed by atoms with van der Waals surface area (Å²) in [6, 6.07) is 7.67. The van der Waals surface area contributed by atoms with Crippen molar-refractivity contribution in [3.05, 3.63) is 44.6 Å². The van der Waals surface area contributed by atoms with Crippen LogP contribution >= 0.6 is 27.3 Å². The highest BCUT2D eigenvalue weighted by Gasteiger charge is 2.09. The van der Waals surface area contributed by atoms with Crippen molar-refractivity contribution in [1.82, 2.24) is 0 Å². The van der Waals surface area contributed by atoms with Crippen LogP contribution in [0.15, 0.2) is 33.4 Å². The summed E-state index contributed by atoms with van der Waals surface area (Å²) < 4.78 is 1.12. The second-order valence-electron chi connectivity index (χ2n) is 4.44. The predicted octanol–water partition coefficient (Wildman–Crippen LogP) is 3.93. The topological polar surface area (TPSA) is 46.3 Å². The number of thiophene rings is 1. The predicted molar refractivity (Wildman–Crippen MR) is 85.0 cm³/mol. The zero-order valence-corrected chi connectivity index (χ0v) is 13.2. The molecule has 0 aliphatic carbocycles. The normalized spacial score (nSPS) is 10.5. The SMILES string of the molecule is CC(=O)c1cc(N(C)Cc2csc(Br)c2)ccc1N. The summed E-state index contributed by atoms with van der Waals surface area (Å²) in [4.78, 5) is 13.6. The van der Waals surface area contributed by atoms with Gasteiger partial charge in [-0.2, -0.15) is 0 Å². The number of carbonyl (C=O) groups is 1. The van der Waals surface area contributed by atoms with E-state index in [1.807, 2.05) is 19.2 Å². The molecule has 3 nitrogen and oxygen atoms in total. The first kappa shape index (κ1) is 14.1. The monoisotopic (exact) mass is 338 g/mol. The maximum atomic E-state index is 11.5. The number of halogens is 1. The van der Waals surface area contributed by atoms with Crippen LogP contribution in [0.25, 0.3) is 0 Å². The quantitative estimate of drug-likeness (QED) is 0.678. The third-order valence-electron chi connectivity index (χ3n) is 2.90. The minimum atomic E-state index is -0.00831. The molecule has 0 amide bonds. The molecule has 0 aliphatic rings. The maximum Gasteiger partial charge on any atom is 0.161 e. The summed E-state index contributed by atoms with van der Waals surface area (Å²) in [6.45, 7) is 2.33. The standard InChI is InChI=1S/C14H15BrN2OS/c1-9(18)12-6-11(3-4-13(12)16)17(2)7-10-5-14(15)19-8-10/h3-6,8H,7,16H2,1-2H3.